The van der Waals surface area contributed by atoms with Gasteiger partial charge in [0.15, 0.2) is 0 Å². The van der Waals surface area contributed by atoms with Gasteiger partial charge in [0.1, 0.15) is 0 Å². The lowest BCUT2D eigenvalue weighted by Gasteiger charge is -2.25. The molecule has 0 rings (SSSR count). The molecule has 1 amide bonds. The maximum absolute atomic E-state index is 10.8. The minimum Gasteiger partial charge on any atom is -0.453 e. The first-order valence-corrected chi connectivity index (χ1v) is 6.79. The van der Waals surface area contributed by atoms with E-state index in [2.05, 4.69) is 10.1 Å². The third-order valence-corrected chi connectivity index (χ3v) is 5.82. The van der Waals surface area contributed by atoms with Crippen LogP contribution in [0.4, 0.5) is 4.79 Å². The molecule has 0 radical (unpaired) electrons. The summed E-state index contributed by atoms with van der Waals surface area (Å²) >= 11 is 0. The average molecular weight is 221 g/mol. The number of ether oxygens (including phenoxy) is 1. The molecule has 0 fully saturated rings. The number of rotatable bonds is 6. The Morgan fingerprint density at radius 1 is 1.29 bits per heavy atom. The predicted octanol–water partition coefficient (Wildman–Crippen LogP) is 1.10. The summed E-state index contributed by atoms with van der Waals surface area (Å²) in [5.41, 5.74) is 0. The number of amides is 1. The molecule has 0 aromatic rings. The third-order valence-electron chi connectivity index (χ3n) is 2.24. The van der Waals surface area contributed by atoms with Gasteiger partial charge < -0.3 is 18.9 Å². The van der Waals surface area contributed by atoms with Gasteiger partial charge in [-0.2, -0.15) is 0 Å². The van der Waals surface area contributed by atoms with Crippen molar-refractivity contribution >= 4 is 14.7 Å². The normalized spacial score (nSPS) is 11.1. The van der Waals surface area contributed by atoms with Crippen LogP contribution in [0.3, 0.4) is 0 Å². The van der Waals surface area contributed by atoms with Gasteiger partial charge in [-0.15, -0.1) is 0 Å². The number of carbonyl (C=O) groups is 1. The van der Waals surface area contributed by atoms with Crippen molar-refractivity contribution in [2.24, 2.45) is 0 Å². The van der Waals surface area contributed by atoms with Crippen molar-refractivity contribution in [3.63, 3.8) is 0 Å². The quantitative estimate of drug-likeness (QED) is 0.682. The Kier molecular flexibility index (Phi) is 6.51. The first kappa shape index (κ1) is 13.4. The number of methoxy groups -OCH3 is 1. The van der Waals surface area contributed by atoms with Gasteiger partial charge in [0.05, 0.1) is 7.11 Å². The van der Waals surface area contributed by atoms with Crippen LogP contribution in [0.25, 0.3) is 0 Å². The van der Waals surface area contributed by atoms with Crippen LogP contribution in [0.1, 0.15) is 6.92 Å². The monoisotopic (exact) mass is 221 g/mol. The van der Waals surface area contributed by atoms with Crippen molar-refractivity contribution in [1.82, 2.24) is 5.32 Å². The Hall–Kier alpha value is -0.593. The smallest absolute Gasteiger partial charge is 0.406 e. The zero-order valence-corrected chi connectivity index (χ0v) is 10.3. The molecule has 1 N–H and O–H groups in total. The lowest BCUT2D eigenvalue weighted by Crippen LogP contribution is -2.42. The van der Waals surface area contributed by atoms with Gasteiger partial charge in [-0.05, 0) is 6.04 Å². The first-order valence-electron chi connectivity index (χ1n) is 4.56. The Labute approximate surface area is 86.0 Å². The zero-order valence-electron chi connectivity index (χ0n) is 9.25. The fourth-order valence-electron chi connectivity index (χ4n) is 1.18. The van der Waals surface area contributed by atoms with E-state index in [1.807, 2.05) is 6.92 Å². The Morgan fingerprint density at radius 2 is 1.86 bits per heavy atom. The van der Waals surface area contributed by atoms with E-state index in [1.165, 1.54) is 7.11 Å². The molecular formula is C8H19NO4Si. The second-order valence-corrected chi connectivity index (χ2v) is 6.69. The van der Waals surface area contributed by atoms with E-state index in [1.54, 1.807) is 14.2 Å². The van der Waals surface area contributed by atoms with Crippen LogP contribution in [0.15, 0.2) is 0 Å². The topological polar surface area (TPSA) is 56.8 Å². The molecule has 0 atom stereocenters. The van der Waals surface area contributed by atoms with Crippen molar-refractivity contribution in [3.05, 3.63) is 0 Å². The molecular weight excluding hydrogens is 202 g/mol. The van der Waals surface area contributed by atoms with Crippen molar-refractivity contribution < 1.29 is 18.4 Å². The minimum atomic E-state index is -2.07. The maximum atomic E-state index is 10.8. The predicted molar refractivity (Wildman–Crippen MR) is 55.5 cm³/mol. The first-order chi connectivity index (χ1) is 6.64. The van der Waals surface area contributed by atoms with Crippen molar-refractivity contribution in [1.29, 1.82) is 0 Å². The second kappa shape index (κ2) is 6.80. The molecule has 0 saturated carbocycles. The molecule has 0 aromatic heterocycles. The average Bonchev–Trinajstić information content (AvgIpc) is 2.25. The summed E-state index contributed by atoms with van der Waals surface area (Å²) in [6, 6.07) is 1.59. The summed E-state index contributed by atoms with van der Waals surface area (Å²) < 4.78 is 15.2. The van der Waals surface area contributed by atoms with Crippen LogP contribution < -0.4 is 5.32 Å². The van der Waals surface area contributed by atoms with E-state index in [0.29, 0.717) is 6.54 Å². The van der Waals surface area contributed by atoms with Gasteiger partial charge in [-0.1, -0.05) is 6.92 Å². The van der Waals surface area contributed by atoms with Crippen LogP contribution in [0.5, 0.6) is 0 Å². The standard InChI is InChI=1S/C8H19NO4Si/c1-5-14(12-3,13-4)7-6-9-8(10)11-2/h5-7H2,1-4H3,(H,9,10). The highest BCUT2D eigenvalue weighted by atomic mass is 28.4. The molecule has 0 aliphatic heterocycles. The van der Waals surface area contributed by atoms with Crippen LogP contribution in [0.2, 0.25) is 12.1 Å². The van der Waals surface area contributed by atoms with Crippen molar-refractivity contribution in [2.75, 3.05) is 27.9 Å². The lowest BCUT2D eigenvalue weighted by molar-refractivity contribution is 0.171. The van der Waals surface area contributed by atoms with Crippen LogP contribution in [0, 0.1) is 0 Å². The van der Waals surface area contributed by atoms with Crippen molar-refractivity contribution in [2.45, 2.75) is 19.0 Å². The number of nitrogens with one attached hydrogen (secondary N) is 1. The Balaban J connectivity index is 3.88. The number of hydrogen-bond acceptors (Lipinski definition) is 4. The molecule has 0 spiro atoms. The van der Waals surface area contributed by atoms with Gasteiger partial charge in [-0.3, -0.25) is 0 Å². The fraction of sp³-hybridized carbons (Fsp3) is 0.875. The highest BCUT2D eigenvalue weighted by Crippen LogP contribution is 2.15. The molecule has 0 aromatic carbocycles. The number of hydrogen-bond donors (Lipinski definition) is 1. The Bertz CT molecular complexity index is 164. The molecule has 0 aliphatic rings. The number of carbonyl (C=O) groups excluding carboxylic acids is 1. The second-order valence-electron chi connectivity index (χ2n) is 2.84. The van der Waals surface area contributed by atoms with Crippen molar-refractivity contribution in [3.8, 4) is 0 Å². The molecule has 0 unspecified atom stereocenters. The van der Waals surface area contributed by atoms with Gasteiger partial charge in [-0.25, -0.2) is 4.79 Å². The van der Waals surface area contributed by atoms with Gasteiger partial charge in [0.2, 0.25) is 0 Å². The maximum Gasteiger partial charge on any atom is 0.406 e. The van der Waals surface area contributed by atoms with E-state index in [9.17, 15) is 4.79 Å². The summed E-state index contributed by atoms with van der Waals surface area (Å²) in [6.45, 7) is 2.55. The van der Waals surface area contributed by atoms with E-state index < -0.39 is 14.7 Å². The molecule has 6 heteroatoms. The molecule has 5 nitrogen and oxygen atoms in total. The van der Waals surface area contributed by atoms with Crippen LogP contribution >= 0.6 is 0 Å². The zero-order chi connectivity index (χ0) is 11.0. The van der Waals surface area contributed by atoms with E-state index >= 15 is 0 Å². The molecule has 14 heavy (non-hydrogen) atoms. The lowest BCUT2D eigenvalue weighted by atomic mass is 10.7. The van der Waals surface area contributed by atoms with Crippen LogP contribution in [-0.2, 0) is 13.6 Å². The Morgan fingerprint density at radius 3 is 2.21 bits per heavy atom. The van der Waals surface area contributed by atoms with Gasteiger partial charge >= 0.3 is 14.7 Å². The fourth-order valence-corrected chi connectivity index (χ4v) is 3.19. The minimum absolute atomic E-state index is 0.420. The molecule has 0 aliphatic carbocycles. The highest BCUT2D eigenvalue weighted by Gasteiger charge is 2.32. The van der Waals surface area contributed by atoms with Crippen LogP contribution in [-0.4, -0.2) is 42.5 Å². The summed E-state index contributed by atoms with van der Waals surface area (Å²) in [6.07, 6.45) is -0.420. The molecule has 84 valence electrons. The summed E-state index contributed by atoms with van der Waals surface area (Å²) in [7, 11) is 2.57. The molecule has 0 heterocycles. The number of alkyl carbamates (subject to hydrolysis) is 1. The SMILES string of the molecule is CC[Si](CCNC(=O)OC)(OC)OC. The largest absolute Gasteiger partial charge is 0.453 e. The molecule has 0 saturated heterocycles. The van der Waals surface area contributed by atoms with E-state index in [0.717, 1.165) is 12.1 Å². The summed E-state index contributed by atoms with van der Waals surface area (Å²) in [5.74, 6) is 0. The van der Waals surface area contributed by atoms with Gasteiger partial charge in [0.25, 0.3) is 0 Å². The van der Waals surface area contributed by atoms with E-state index in [-0.39, 0.29) is 0 Å². The highest BCUT2D eigenvalue weighted by molar-refractivity contribution is 6.67. The van der Waals surface area contributed by atoms with E-state index in [4.69, 9.17) is 8.85 Å². The summed E-state index contributed by atoms with van der Waals surface area (Å²) in [5, 5.41) is 2.60. The summed E-state index contributed by atoms with van der Waals surface area (Å²) in [4.78, 5) is 10.8. The van der Waals surface area contributed by atoms with Gasteiger partial charge in [0, 0.05) is 26.8 Å². The molecule has 0 bridgehead atoms. The third kappa shape index (κ3) is 4.08.